The number of alkyl halides is 1. The molecule has 0 saturated carbocycles. The van der Waals surface area contributed by atoms with Gasteiger partial charge in [-0.1, -0.05) is 0 Å². The van der Waals surface area contributed by atoms with E-state index in [0.29, 0.717) is 12.3 Å². The van der Waals surface area contributed by atoms with E-state index in [4.69, 9.17) is 11.6 Å². The van der Waals surface area contributed by atoms with Crippen molar-refractivity contribution in [2.24, 2.45) is 7.05 Å². The topological polar surface area (TPSA) is 48.5 Å². The number of aromatic nitrogens is 5. The van der Waals surface area contributed by atoms with Crippen molar-refractivity contribution in [3.63, 3.8) is 0 Å². The molecule has 3 rings (SSSR count). The second kappa shape index (κ2) is 4.66. The molecule has 0 amide bonds. The van der Waals surface area contributed by atoms with Gasteiger partial charge in [-0.25, -0.2) is 9.97 Å². The highest BCUT2D eigenvalue weighted by Gasteiger charge is 2.14. The van der Waals surface area contributed by atoms with Crippen LogP contribution in [-0.2, 0) is 13.5 Å². The molecule has 3 aromatic heterocycles. The van der Waals surface area contributed by atoms with Crippen LogP contribution < -0.4 is 0 Å². The molecule has 0 aromatic carbocycles. The Balaban J connectivity index is 2.27. The van der Waals surface area contributed by atoms with E-state index in [1.807, 2.05) is 43.1 Å². The Morgan fingerprint density at radius 2 is 2.21 bits per heavy atom. The normalized spacial score (nSPS) is 11.3. The molecule has 0 spiro atoms. The molecule has 0 unspecified atom stereocenters. The van der Waals surface area contributed by atoms with Gasteiger partial charge in [-0.3, -0.25) is 9.25 Å². The van der Waals surface area contributed by atoms with Crippen molar-refractivity contribution in [2.45, 2.75) is 13.3 Å². The number of nitrogens with zero attached hydrogens (tertiary/aromatic N) is 5. The van der Waals surface area contributed by atoms with E-state index in [0.717, 1.165) is 28.4 Å². The number of pyridine rings is 1. The molecule has 6 heteroatoms. The van der Waals surface area contributed by atoms with Gasteiger partial charge in [-0.2, -0.15) is 5.10 Å². The van der Waals surface area contributed by atoms with E-state index >= 15 is 0 Å². The molecular formula is C13H14ClN5. The fourth-order valence-electron chi connectivity index (χ4n) is 2.13. The van der Waals surface area contributed by atoms with E-state index in [2.05, 4.69) is 15.1 Å². The van der Waals surface area contributed by atoms with Gasteiger partial charge >= 0.3 is 0 Å². The molecule has 98 valence electrons. The number of imidazole rings is 1. The summed E-state index contributed by atoms with van der Waals surface area (Å²) in [6.45, 7) is 2.01. The second-order valence-corrected chi connectivity index (χ2v) is 4.88. The highest BCUT2D eigenvalue weighted by atomic mass is 35.5. The van der Waals surface area contributed by atoms with Gasteiger partial charge < -0.3 is 0 Å². The molecule has 3 heterocycles. The van der Waals surface area contributed by atoms with Gasteiger partial charge in [0, 0.05) is 37.8 Å². The molecule has 0 aliphatic heterocycles. The molecule has 19 heavy (non-hydrogen) atoms. The first-order chi connectivity index (χ1) is 9.19. The Kier molecular flexibility index (Phi) is 2.98. The van der Waals surface area contributed by atoms with E-state index in [9.17, 15) is 0 Å². The van der Waals surface area contributed by atoms with Crippen LogP contribution in [0, 0.1) is 6.92 Å². The molecule has 5 nitrogen and oxygen atoms in total. The molecule has 0 bridgehead atoms. The predicted octanol–water partition coefficient (Wildman–Crippen LogP) is 2.24. The molecule has 0 radical (unpaired) electrons. The first-order valence-corrected chi connectivity index (χ1v) is 6.62. The van der Waals surface area contributed by atoms with Crippen LogP contribution in [0.4, 0.5) is 0 Å². The van der Waals surface area contributed by atoms with E-state index in [-0.39, 0.29) is 0 Å². The van der Waals surface area contributed by atoms with Gasteiger partial charge in [0.15, 0.2) is 11.5 Å². The zero-order valence-corrected chi connectivity index (χ0v) is 11.6. The van der Waals surface area contributed by atoms with Crippen LogP contribution >= 0.6 is 11.6 Å². The van der Waals surface area contributed by atoms with Gasteiger partial charge in [0.25, 0.3) is 0 Å². The third kappa shape index (κ3) is 2.10. The summed E-state index contributed by atoms with van der Waals surface area (Å²) in [4.78, 5) is 9.09. The maximum absolute atomic E-state index is 5.86. The maximum Gasteiger partial charge on any atom is 0.165 e. The second-order valence-electron chi connectivity index (χ2n) is 4.51. The lowest BCUT2D eigenvalue weighted by Gasteiger charge is -2.03. The molecule has 0 saturated heterocycles. The SMILES string of the molecule is Cc1cnc2c(c1)nc(CCCl)n2-c1ccn(C)n1. The summed E-state index contributed by atoms with van der Waals surface area (Å²) >= 11 is 5.86. The van der Waals surface area contributed by atoms with Gasteiger partial charge in [0.05, 0.1) is 0 Å². The number of hydrogen-bond donors (Lipinski definition) is 0. The van der Waals surface area contributed by atoms with Gasteiger partial charge in [0.2, 0.25) is 0 Å². The highest BCUT2D eigenvalue weighted by Crippen LogP contribution is 2.20. The number of fused-ring (bicyclic) bond motifs is 1. The number of hydrogen-bond acceptors (Lipinski definition) is 3. The lowest BCUT2D eigenvalue weighted by atomic mass is 10.3. The largest absolute Gasteiger partial charge is 0.274 e. The minimum Gasteiger partial charge on any atom is -0.274 e. The van der Waals surface area contributed by atoms with Crippen molar-refractivity contribution >= 4 is 22.8 Å². The molecule has 0 atom stereocenters. The smallest absolute Gasteiger partial charge is 0.165 e. The van der Waals surface area contributed by atoms with E-state index in [1.54, 1.807) is 4.68 Å². The molecule has 0 N–H and O–H groups in total. The van der Waals surface area contributed by atoms with Crippen molar-refractivity contribution < 1.29 is 0 Å². The van der Waals surface area contributed by atoms with Gasteiger partial charge in [-0.15, -0.1) is 11.6 Å². The summed E-state index contributed by atoms with van der Waals surface area (Å²) in [7, 11) is 1.89. The van der Waals surface area contributed by atoms with Crippen molar-refractivity contribution in [3.05, 3.63) is 35.9 Å². The Morgan fingerprint density at radius 3 is 2.89 bits per heavy atom. The summed E-state index contributed by atoms with van der Waals surface area (Å²) < 4.78 is 3.73. The first-order valence-electron chi connectivity index (χ1n) is 6.09. The minimum absolute atomic E-state index is 0.523. The summed E-state index contributed by atoms with van der Waals surface area (Å²) in [6, 6.07) is 3.97. The van der Waals surface area contributed by atoms with Crippen molar-refractivity contribution in [2.75, 3.05) is 5.88 Å². The number of aryl methyl sites for hydroxylation is 3. The van der Waals surface area contributed by atoms with Crippen LogP contribution in [0.1, 0.15) is 11.4 Å². The van der Waals surface area contributed by atoms with Crippen LogP contribution in [0.25, 0.3) is 17.0 Å². The number of rotatable bonds is 3. The lowest BCUT2D eigenvalue weighted by molar-refractivity contribution is 0.745. The maximum atomic E-state index is 5.86. The van der Waals surface area contributed by atoms with Crippen molar-refractivity contribution in [1.82, 2.24) is 24.3 Å². The van der Waals surface area contributed by atoms with Crippen LogP contribution in [-0.4, -0.2) is 30.2 Å². The van der Waals surface area contributed by atoms with Crippen molar-refractivity contribution in [3.8, 4) is 5.82 Å². The highest BCUT2D eigenvalue weighted by molar-refractivity contribution is 6.17. The van der Waals surface area contributed by atoms with Crippen molar-refractivity contribution in [1.29, 1.82) is 0 Å². The average molecular weight is 276 g/mol. The van der Waals surface area contributed by atoms with Crippen LogP contribution in [0.15, 0.2) is 24.5 Å². The average Bonchev–Trinajstić information content (AvgIpc) is 2.92. The molecule has 3 aromatic rings. The molecule has 0 aliphatic rings. The third-order valence-corrected chi connectivity index (χ3v) is 3.14. The Labute approximate surface area is 115 Å². The fourth-order valence-corrected chi connectivity index (χ4v) is 2.30. The summed E-state index contributed by atoms with van der Waals surface area (Å²) in [5, 5.41) is 4.43. The monoisotopic (exact) mass is 275 g/mol. The first kappa shape index (κ1) is 12.2. The Morgan fingerprint density at radius 1 is 1.37 bits per heavy atom. The summed E-state index contributed by atoms with van der Waals surface area (Å²) in [6.07, 6.45) is 4.43. The zero-order chi connectivity index (χ0) is 13.4. The van der Waals surface area contributed by atoms with E-state index in [1.165, 1.54) is 0 Å². The van der Waals surface area contributed by atoms with Gasteiger partial charge in [0.1, 0.15) is 11.3 Å². The molecular weight excluding hydrogens is 262 g/mol. The quantitative estimate of drug-likeness (QED) is 0.689. The van der Waals surface area contributed by atoms with Crippen LogP contribution in [0.5, 0.6) is 0 Å². The van der Waals surface area contributed by atoms with E-state index < -0.39 is 0 Å². The van der Waals surface area contributed by atoms with Crippen LogP contribution in [0.2, 0.25) is 0 Å². The fraction of sp³-hybridized carbons (Fsp3) is 0.308. The Bertz CT molecular complexity index is 728. The standard InChI is InChI=1S/C13H14ClN5/c1-9-7-10-13(15-8-9)19(11(16-10)3-5-14)12-4-6-18(2)17-12/h4,6-8H,3,5H2,1-2H3. The summed E-state index contributed by atoms with van der Waals surface area (Å²) in [5.41, 5.74) is 2.80. The zero-order valence-electron chi connectivity index (χ0n) is 10.8. The minimum atomic E-state index is 0.523. The predicted molar refractivity (Wildman–Crippen MR) is 74.8 cm³/mol. The van der Waals surface area contributed by atoms with Crippen LogP contribution in [0.3, 0.4) is 0 Å². The summed E-state index contributed by atoms with van der Waals surface area (Å²) in [5.74, 6) is 2.23. The lowest BCUT2D eigenvalue weighted by Crippen LogP contribution is -2.04. The number of halogens is 1. The van der Waals surface area contributed by atoms with Gasteiger partial charge in [-0.05, 0) is 18.6 Å². The Hall–Kier alpha value is -1.88. The third-order valence-electron chi connectivity index (χ3n) is 2.95. The molecule has 0 fully saturated rings. The molecule has 0 aliphatic carbocycles.